The van der Waals surface area contributed by atoms with E-state index in [0.717, 1.165) is 0 Å². The van der Waals surface area contributed by atoms with Crippen LogP contribution < -0.4 is 10.5 Å². The number of halogens is 1. The molecule has 3 N–H and O–H groups in total. The van der Waals surface area contributed by atoms with Gasteiger partial charge in [0, 0.05) is 12.1 Å². The molecule has 1 aromatic rings. The molecule has 0 amide bonds. The molecular formula is C11H16ClNO2. The summed E-state index contributed by atoms with van der Waals surface area (Å²) < 4.78 is 5.42. The minimum Gasteiger partial charge on any atom is -0.492 e. The maximum absolute atomic E-state index is 9.48. The average molecular weight is 230 g/mol. The highest BCUT2D eigenvalue weighted by Gasteiger charge is 2.12. The molecule has 0 saturated heterocycles. The first-order valence-electron chi connectivity index (χ1n) is 4.79. The summed E-state index contributed by atoms with van der Waals surface area (Å²) in [5.41, 5.74) is 5.43. The van der Waals surface area contributed by atoms with Crippen molar-refractivity contribution >= 4 is 17.3 Å². The molecule has 0 unspecified atom stereocenters. The van der Waals surface area contributed by atoms with Crippen LogP contribution in [-0.2, 0) is 0 Å². The van der Waals surface area contributed by atoms with E-state index >= 15 is 0 Å². The second-order valence-electron chi connectivity index (χ2n) is 4.10. The number of ether oxygens (including phenoxy) is 1. The molecule has 0 aliphatic carbocycles. The largest absolute Gasteiger partial charge is 0.492 e. The fraction of sp³-hybridized carbons (Fsp3) is 0.455. The van der Waals surface area contributed by atoms with Gasteiger partial charge in [0.05, 0.1) is 17.2 Å². The molecular weight excluding hydrogens is 214 g/mol. The van der Waals surface area contributed by atoms with Gasteiger partial charge < -0.3 is 15.6 Å². The van der Waals surface area contributed by atoms with Crippen LogP contribution in [-0.4, -0.2) is 17.3 Å². The highest BCUT2D eigenvalue weighted by molar-refractivity contribution is 6.32. The van der Waals surface area contributed by atoms with Crippen molar-refractivity contribution in [3.8, 4) is 5.75 Å². The highest BCUT2D eigenvalue weighted by Crippen LogP contribution is 2.26. The maximum Gasteiger partial charge on any atom is 0.138 e. The van der Waals surface area contributed by atoms with Crippen molar-refractivity contribution in [2.45, 2.75) is 25.9 Å². The van der Waals surface area contributed by atoms with Crippen LogP contribution in [0.15, 0.2) is 18.2 Å². The molecule has 0 fully saturated rings. The predicted molar refractivity (Wildman–Crippen MR) is 62.3 cm³/mol. The first kappa shape index (κ1) is 12.1. The minimum atomic E-state index is -0.722. The fourth-order valence-electron chi connectivity index (χ4n) is 1.04. The molecule has 1 rings (SSSR count). The van der Waals surface area contributed by atoms with Crippen LogP contribution in [0.4, 0.5) is 5.69 Å². The summed E-state index contributed by atoms with van der Waals surface area (Å²) in [5, 5.41) is 9.97. The van der Waals surface area contributed by atoms with E-state index in [4.69, 9.17) is 22.1 Å². The minimum absolute atomic E-state index is 0.424. The lowest BCUT2D eigenvalue weighted by molar-refractivity contribution is 0.0553. The van der Waals surface area contributed by atoms with E-state index in [9.17, 15) is 5.11 Å². The Balaban J connectivity index is 2.51. The molecule has 0 spiro atoms. The summed E-state index contributed by atoms with van der Waals surface area (Å²) in [6, 6.07) is 5.09. The lowest BCUT2D eigenvalue weighted by atomic mass is 10.1. The molecule has 0 atom stereocenters. The topological polar surface area (TPSA) is 55.5 Å². The summed E-state index contributed by atoms with van der Waals surface area (Å²) in [5.74, 6) is 0.593. The lowest BCUT2D eigenvalue weighted by Gasteiger charge is -2.17. The second-order valence-corrected chi connectivity index (χ2v) is 4.51. The third kappa shape index (κ3) is 4.40. The Morgan fingerprint density at radius 3 is 2.67 bits per heavy atom. The number of benzene rings is 1. The Morgan fingerprint density at radius 1 is 1.47 bits per heavy atom. The van der Waals surface area contributed by atoms with Gasteiger partial charge in [-0.1, -0.05) is 11.6 Å². The smallest absolute Gasteiger partial charge is 0.138 e. The van der Waals surface area contributed by atoms with Gasteiger partial charge >= 0.3 is 0 Å². The molecule has 0 aromatic heterocycles. The average Bonchev–Trinajstić information content (AvgIpc) is 2.07. The first-order chi connectivity index (χ1) is 6.88. The van der Waals surface area contributed by atoms with E-state index in [2.05, 4.69) is 0 Å². The van der Waals surface area contributed by atoms with Crippen molar-refractivity contribution in [1.82, 2.24) is 0 Å². The Labute approximate surface area is 94.8 Å². The van der Waals surface area contributed by atoms with Crippen LogP contribution in [0.25, 0.3) is 0 Å². The molecule has 0 heterocycles. The van der Waals surface area contributed by atoms with E-state index < -0.39 is 5.60 Å². The number of rotatable bonds is 4. The summed E-state index contributed by atoms with van der Waals surface area (Å²) in [6.45, 7) is 3.90. The molecule has 0 aliphatic rings. The Bertz CT molecular complexity index is 334. The molecule has 15 heavy (non-hydrogen) atoms. The van der Waals surface area contributed by atoms with Crippen LogP contribution in [0, 0.1) is 0 Å². The zero-order valence-electron chi connectivity index (χ0n) is 8.96. The van der Waals surface area contributed by atoms with Gasteiger partial charge in [-0.3, -0.25) is 0 Å². The number of hydrogen-bond donors (Lipinski definition) is 2. The van der Waals surface area contributed by atoms with Gasteiger partial charge in [0.2, 0.25) is 0 Å². The van der Waals surface area contributed by atoms with Crippen LogP contribution in [0.1, 0.15) is 20.3 Å². The molecule has 0 aliphatic heterocycles. The van der Waals surface area contributed by atoms with Crippen molar-refractivity contribution in [3.63, 3.8) is 0 Å². The summed E-state index contributed by atoms with van der Waals surface area (Å²) >= 11 is 5.91. The third-order valence-electron chi connectivity index (χ3n) is 1.93. The van der Waals surface area contributed by atoms with Crippen LogP contribution in [0.2, 0.25) is 5.02 Å². The van der Waals surface area contributed by atoms with E-state index in [1.807, 2.05) is 0 Å². The zero-order valence-corrected chi connectivity index (χ0v) is 9.71. The molecule has 4 heteroatoms. The van der Waals surface area contributed by atoms with Gasteiger partial charge in [0.15, 0.2) is 0 Å². The molecule has 3 nitrogen and oxygen atoms in total. The van der Waals surface area contributed by atoms with Crippen LogP contribution >= 0.6 is 11.6 Å². The van der Waals surface area contributed by atoms with Gasteiger partial charge in [0.25, 0.3) is 0 Å². The van der Waals surface area contributed by atoms with Crippen molar-refractivity contribution in [2.24, 2.45) is 0 Å². The SMILES string of the molecule is CC(C)(O)CCOc1ccc(N)cc1Cl. The highest BCUT2D eigenvalue weighted by atomic mass is 35.5. The second kappa shape index (κ2) is 4.73. The molecule has 1 aromatic carbocycles. The summed E-state index contributed by atoms with van der Waals surface area (Å²) in [6.07, 6.45) is 0.549. The third-order valence-corrected chi connectivity index (χ3v) is 2.22. The fourth-order valence-corrected chi connectivity index (χ4v) is 1.29. The van der Waals surface area contributed by atoms with Gasteiger partial charge in [-0.2, -0.15) is 0 Å². The Hall–Kier alpha value is -0.930. The lowest BCUT2D eigenvalue weighted by Crippen LogP contribution is -2.21. The Kier molecular flexibility index (Phi) is 3.83. The maximum atomic E-state index is 9.48. The van der Waals surface area contributed by atoms with Crippen LogP contribution in [0.5, 0.6) is 5.75 Å². The summed E-state index contributed by atoms with van der Waals surface area (Å²) in [7, 11) is 0. The van der Waals surface area contributed by atoms with E-state index in [0.29, 0.717) is 29.5 Å². The first-order valence-corrected chi connectivity index (χ1v) is 5.16. The van der Waals surface area contributed by atoms with E-state index in [1.54, 1.807) is 32.0 Å². The molecule has 84 valence electrons. The normalized spacial score (nSPS) is 11.5. The van der Waals surface area contributed by atoms with Gasteiger partial charge in [-0.25, -0.2) is 0 Å². The standard InChI is InChI=1S/C11H16ClNO2/c1-11(2,14)5-6-15-10-4-3-8(13)7-9(10)12/h3-4,7,14H,5-6,13H2,1-2H3. The number of hydrogen-bond acceptors (Lipinski definition) is 3. The van der Waals surface area contributed by atoms with E-state index in [1.165, 1.54) is 0 Å². The number of anilines is 1. The molecule has 0 bridgehead atoms. The monoisotopic (exact) mass is 229 g/mol. The number of nitrogens with two attached hydrogens (primary N) is 1. The zero-order chi connectivity index (χ0) is 11.5. The van der Waals surface area contributed by atoms with Crippen molar-refractivity contribution in [2.75, 3.05) is 12.3 Å². The predicted octanol–water partition coefficient (Wildman–Crippen LogP) is 2.46. The quantitative estimate of drug-likeness (QED) is 0.780. The van der Waals surface area contributed by atoms with Gasteiger partial charge in [-0.15, -0.1) is 0 Å². The van der Waals surface area contributed by atoms with Gasteiger partial charge in [-0.05, 0) is 32.0 Å². The summed E-state index contributed by atoms with van der Waals surface area (Å²) in [4.78, 5) is 0. The number of nitrogen functional groups attached to an aromatic ring is 1. The van der Waals surface area contributed by atoms with Crippen molar-refractivity contribution in [3.05, 3.63) is 23.2 Å². The van der Waals surface area contributed by atoms with Gasteiger partial charge in [0.1, 0.15) is 5.75 Å². The Morgan fingerprint density at radius 2 is 2.13 bits per heavy atom. The van der Waals surface area contributed by atoms with E-state index in [-0.39, 0.29) is 0 Å². The van der Waals surface area contributed by atoms with Crippen molar-refractivity contribution < 1.29 is 9.84 Å². The molecule has 0 radical (unpaired) electrons. The van der Waals surface area contributed by atoms with Crippen LogP contribution in [0.3, 0.4) is 0 Å². The number of aliphatic hydroxyl groups is 1. The molecule has 0 saturated carbocycles. The van der Waals surface area contributed by atoms with Crippen molar-refractivity contribution in [1.29, 1.82) is 0 Å².